The summed E-state index contributed by atoms with van der Waals surface area (Å²) in [4.78, 5) is 28.4. The van der Waals surface area contributed by atoms with Crippen LogP contribution in [0.1, 0.15) is 54.0 Å². The number of thiophene rings is 1. The van der Waals surface area contributed by atoms with Gasteiger partial charge in [-0.3, -0.25) is 0 Å². The van der Waals surface area contributed by atoms with Gasteiger partial charge in [-0.05, 0) is 57.3 Å². The van der Waals surface area contributed by atoms with Crippen LogP contribution in [0.15, 0.2) is 35.8 Å². The van der Waals surface area contributed by atoms with Gasteiger partial charge in [0, 0.05) is 17.1 Å². The van der Waals surface area contributed by atoms with Crippen LogP contribution in [0.4, 0.5) is 5.82 Å². The highest BCUT2D eigenvalue weighted by Gasteiger charge is 2.19. The van der Waals surface area contributed by atoms with Gasteiger partial charge in [0.05, 0.1) is 22.4 Å². The Hall–Kier alpha value is -3.13. The number of ether oxygens (including phenoxy) is 3. The molecule has 0 atom stereocenters. The van der Waals surface area contributed by atoms with Gasteiger partial charge in [-0.1, -0.05) is 0 Å². The van der Waals surface area contributed by atoms with Crippen molar-refractivity contribution < 1.29 is 23.8 Å². The van der Waals surface area contributed by atoms with Crippen molar-refractivity contribution in [3.63, 3.8) is 0 Å². The zero-order chi connectivity index (χ0) is 21.9. The van der Waals surface area contributed by atoms with Crippen LogP contribution in [-0.4, -0.2) is 29.1 Å². The maximum absolute atomic E-state index is 12.2. The number of nitrogens with zero attached hydrogens (tertiary/aromatic N) is 1. The Morgan fingerprint density at radius 1 is 1.13 bits per heavy atom. The molecule has 0 radical (unpaired) electrons. The largest absolute Gasteiger partial charge is 0.489 e. The molecule has 0 aliphatic carbocycles. The standard InChI is InChI=1S/C22H24N2O5S/c1-5-27-21(26)16-10-24-19(23)17-14(12-30-18(16)17)11-28-15-8-6-13(7-9-15)20(25)29-22(2,3)4/h6-10,12H,5,11H2,1-4H3,(H2,23,24). The molecule has 2 N–H and O–H groups in total. The average molecular weight is 429 g/mol. The van der Waals surface area contributed by atoms with Gasteiger partial charge in [0.2, 0.25) is 0 Å². The van der Waals surface area contributed by atoms with E-state index in [0.29, 0.717) is 28.1 Å². The quantitative estimate of drug-likeness (QED) is 0.573. The van der Waals surface area contributed by atoms with E-state index >= 15 is 0 Å². The molecule has 0 fully saturated rings. The van der Waals surface area contributed by atoms with Gasteiger partial charge in [0.1, 0.15) is 23.8 Å². The Kier molecular flexibility index (Phi) is 6.26. The van der Waals surface area contributed by atoms with Gasteiger partial charge in [0.25, 0.3) is 0 Å². The van der Waals surface area contributed by atoms with Crippen molar-refractivity contribution in [1.82, 2.24) is 4.98 Å². The van der Waals surface area contributed by atoms with E-state index in [4.69, 9.17) is 19.9 Å². The number of hydrogen-bond acceptors (Lipinski definition) is 8. The number of carbonyl (C=O) groups excluding carboxylic acids is 2. The highest BCUT2D eigenvalue weighted by molar-refractivity contribution is 7.17. The Morgan fingerprint density at radius 2 is 1.83 bits per heavy atom. The van der Waals surface area contributed by atoms with E-state index in [1.165, 1.54) is 17.5 Å². The second-order valence-electron chi connectivity index (χ2n) is 7.56. The second kappa shape index (κ2) is 8.71. The SMILES string of the molecule is CCOC(=O)c1cnc(N)c2c(COc3ccc(C(=O)OC(C)(C)C)cc3)csc12. The van der Waals surface area contributed by atoms with E-state index < -0.39 is 11.6 Å². The van der Waals surface area contributed by atoms with Gasteiger partial charge < -0.3 is 19.9 Å². The lowest BCUT2D eigenvalue weighted by molar-refractivity contribution is 0.00692. The van der Waals surface area contributed by atoms with Crippen LogP contribution in [-0.2, 0) is 16.1 Å². The summed E-state index contributed by atoms with van der Waals surface area (Å²) in [5, 5.41) is 2.58. The molecular weight excluding hydrogens is 404 g/mol. The van der Waals surface area contributed by atoms with E-state index in [1.54, 1.807) is 31.2 Å². The van der Waals surface area contributed by atoms with Gasteiger partial charge in [0.15, 0.2) is 0 Å². The van der Waals surface area contributed by atoms with Gasteiger partial charge in [-0.25, -0.2) is 14.6 Å². The first-order chi connectivity index (χ1) is 14.2. The highest BCUT2D eigenvalue weighted by atomic mass is 32.1. The predicted octanol–water partition coefficient (Wildman–Crippen LogP) is 4.59. The summed E-state index contributed by atoms with van der Waals surface area (Å²) in [6.45, 7) is 7.74. The monoisotopic (exact) mass is 428 g/mol. The van der Waals surface area contributed by atoms with Crippen LogP contribution in [0.5, 0.6) is 5.75 Å². The Morgan fingerprint density at radius 3 is 2.47 bits per heavy atom. The molecule has 0 saturated heterocycles. The zero-order valence-electron chi connectivity index (χ0n) is 17.4. The van der Waals surface area contributed by atoms with Crippen LogP contribution >= 0.6 is 11.3 Å². The summed E-state index contributed by atoms with van der Waals surface area (Å²) < 4.78 is 17.0. The Labute approximate surface area is 178 Å². The first-order valence-electron chi connectivity index (χ1n) is 9.47. The molecule has 0 aliphatic rings. The topological polar surface area (TPSA) is 101 Å². The predicted molar refractivity (Wildman–Crippen MR) is 116 cm³/mol. The van der Waals surface area contributed by atoms with Crippen LogP contribution in [0.3, 0.4) is 0 Å². The van der Waals surface area contributed by atoms with Crippen molar-refractivity contribution in [3.05, 3.63) is 52.5 Å². The van der Waals surface area contributed by atoms with Crippen LogP contribution in [0, 0.1) is 0 Å². The summed E-state index contributed by atoms with van der Waals surface area (Å²) in [6.07, 6.45) is 1.44. The summed E-state index contributed by atoms with van der Waals surface area (Å²) in [6, 6.07) is 6.73. The second-order valence-corrected chi connectivity index (χ2v) is 8.44. The molecule has 0 bridgehead atoms. The van der Waals surface area contributed by atoms with Crippen LogP contribution < -0.4 is 10.5 Å². The van der Waals surface area contributed by atoms with Crippen molar-refractivity contribution in [3.8, 4) is 5.75 Å². The molecule has 0 saturated carbocycles. The molecule has 30 heavy (non-hydrogen) atoms. The molecular formula is C22H24N2O5S. The lowest BCUT2D eigenvalue weighted by Gasteiger charge is -2.19. The molecule has 3 aromatic rings. The fourth-order valence-corrected chi connectivity index (χ4v) is 3.84. The maximum atomic E-state index is 12.2. The number of carbonyl (C=O) groups is 2. The number of fused-ring (bicyclic) bond motifs is 1. The summed E-state index contributed by atoms with van der Waals surface area (Å²) in [5.41, 5.74) is 7.16. The zero-order valence-corrected chi connectivity index (χ0v) is 18.2. The number of esters is 2. The average Bonchev–Trinajstić information content (AvgIpc) is 3.11. The van der Waals surface area contributed by atoms with E-state index in [0.717, 1.165) is 10.3 Å². The lowest BCUT2D eigenvalue weighted by Crippen LogP contribution is -2.23. The molecule has 0 amide bonds. The lowest BCUT2D eigenvalue weighted by atomic mass is 10.1. The number of hydrogen-bond donors (Lipinski definition) is 1. The van der Waals surface area contributed by atoms with E-state index in [-0.39, 0.29) is 19.2 Å². The first-order valence-corrected chi connectivity index (χ1v) is 10.4. The molecule has 3 rings (SSSR count). The molecule has 0 aliphatic heterocycles. The minimum Gasteiger partial charge on any atom is -0.489 e. The van der Waals surface area contributed by atoms with Crippen molar-refractivity contribution >= 4 is 39.2 Å². The normalized spacial score (nSPS) is 11.3. The number of pyridine rings is 1. The van der Waals surface area contributed by atoms with Crippen LogP contribution in [0.2, 0.25) is 0 Å². The summed E-state index contributed by atoms with van der Waals surface area (Å²) in [7, 11) is 0. The van der Waals surface area contributed by atoms with Crippen molar-refractivity contribution in [1.29, 1.82) is 0 Å². The molecule has 1 aromatic carbocycles. The van der Waals surface area contributed by atoms with E-state index in [2.05, 4.69) is 4.98 Å². The number of aromatic nitrogens is 1. The summed E-state index contributed by atoms with van der Waals surface area (Å²) >= 11 is 1.39. The molecule has 0 spiro atoms. The fraction of sp³-hybridized carbons (Fsp3) is 0.318. The van der Waals surface area contributed by atoms with Crippen molar-refractivity contribution in [2.24, 2.45) is 0 Å². The number of nitrogens with two attached hydrogens (primary N) is 1. The minimum atomic E-state index is -0.553. The van der Waals surface area contributed by atoms with E-state index in [9.17, 15) is 9.59 Å². The van der Waals surface area contributed by atoms with Crippen LogP contribution in [0.25, 0.3) is 10.1 Å². The minimum absolute atomic E-state index is 0.240. The molecule has 2 aromatic heterocycles. The molecule has 7 nitrogen and oxygen atoms in total. The van der Waals surface area contributed by atoms with Crippen molar-refractivity contribution in [2.75, 3.05) is 12.3 Å². The molecule has 0 unspecified atom stereocenters. The number of benzene rings is 1. The third-order valence-corrected chi connectivity index (χ3v) is 5.14. The number of rotatable bonds is 6. The fourth-order valence-electron chi connectivity index (χ4n) is 2.78. The van der Waals surface area contributed by atoms with E-state index in [1.807, 2.05) is 26.2 Å². The third-order valence-electron chi connectivity index (χ3n) is 4.08. The van der Waals surface area contributed by atoms with Gasteiger partial charge in [-0.15, -0.1) is 11.3 Å². The van der Waals surface area contributed by atoms with Gasteiger partial charge >= 0.3 is 11.9 Å². The Balaban J connectivity index is 1.75. The molecule has 8 heteroatoms. The summed E-state index contributed by atoms with van der Waals surface area (Å²) in [5.74, 6) is 0.109. The smallest absolute Gasteiger partial charge is 0.341 e. The highest BCUT2D eigenvalue weighted by Crippen LogP contribution is 2.33. The van der Waals surface area contributed by atoms with Crippen molar-refractivity contribution in [2.45, 2.75) is 39.9 Å². The third kappa shape index (κ3) is 4.88. The maximum Gasteiger partial charge on any atom is 0.341 e. The molecule has 158 valence electrons. The number of anilines is 1. The number of nitrogen functional groups attached to an aromatic ring is 1. The Bertz CT molecular complexity index is 1070. The first kappa shape index (κ1) is 21.6. The van der Waals surface area contributed by atoms with Gasteiger partial charge in [-0.2, -0.15) is 0 Å². The molecule has 2 heterocycles.